The zero-order valence-corrected chi connectivity index (χ0v) is 11.5. The third-order valence-corrected chi connectivity index (χ3v) is 3.34. The standard InChI is InChI=1S/C15H23Cl/c1-4-7-12-10-11-15(16)14(9-6-3)13(12)8-5-2/h10-11H,4-9H2,1-3H3. The zero-order valence-electron chi connectivity index (χ0n) is 10.8. The summed E-state index contributed by atoms with van der Waals surface area (Å²) in [6.07, 6.45) is 7.06. The monoisotopic (exact) mass is 238 g/mol. The normalized spacial score (nSPS) is 10.8. The summed E-state index contributed by atoms with van der Waals surface area (Å²) in [6, 6.07) is 4.30. The molecule has 0 atom stereocenters. The molecule has 16 heavy (non-hydrogen) atoms. The fraction of sp³-hybridized carbons (Fsp3) is 0.600. The second-order valence-electron chi connectivity index (χ2n) is 4.41. The van der Waals surface area contributed by atoms with E-state index in [9.17, 15) is 0 Å². The van der Waals surface area contributed by atoms with Gasteiger partial charge in [-0.05, 0) is 42.0 Å². The lowest BCUT2D eigenvalue weighted by Gasteiger charge is -2.15. The minimum atomic E-state index is 0.963. The van der Waals surface area contributed by atoms with Crippen LogP contribution in [0.15, 0.2) is 12.1 Å². The highest BCUT2D eigenvalue weighted by molar-refractivity contribution is 6.31. The molecule has 0 fully saturated rings. The van der Waals surface area contributed by atoms with Gasteiger partial charge in [-0.3, -0.25) is 0 Å². The molecule has 0 aliphatic carbocycles. The third kappa shape index (κ3) is 3.25. The molecule has 0 nitrogen and oxygen atoms in total. The SMILES string of the molecule is CCCc1ccc(Cl)c(CCC)c1CCC. The second kappa shape index (κ2) is 6.96. The highest BCUT2D eigenvalue weighted by Crippen LogP contribution is 2.27. The van der Waals surface area contributed by atoms with Crippen molar-refractivity contribution in [2.45, 2.75) is 59.3 Å². The number of hydrogen-bond acceptors (Lipinski definition) is 0. The van der Waals surface area contributed by atoms with E-state index >= 15 is 0 Å². The lowest BCUT2D eigenvalue weighted by atomic mass is 9.92. The maximum atomic E-state index is 6.32. The third-order valence-electron chi connectivity index (χ3n) is 2.99. The van der Waals surface area contributed by atoms with Crippen molar-refractivity contribution in [2.75, 3.05) is 0 Å². The van der Waals surface area contributed by atoms with E-state index in [1.165, 1.54) is 48.8 Å². The number of rotatable bonds is 6. The molecule has 0 bridgehead atoms. The van der Waals surface area contributed by atoms with Gasteiger partial charge >= 0.3 is 0 Å². The van der Waals surface area contributed by atoms with Crippen molar-refractivity contribution in [2.24, 2.45) is 0 Å². The van der Waals surface area contributed by atoms with Crippen molar-refractivity contribution >= 4 is 11.6 Å². The zero-order chi connectivity index (χ0) is 12.0. The molecule has 0 saturated carbocycles. The minimum absolute atomic E-state index is 0.963. The van der Waals surface area contributed by atoms with Crippen LogP contribution in [0.1, 0.15) is 56.7 Å². The van der Waals surface area contributed by atoms with Gasteiger partial charge in [0.15, 0.2) is 0 Å². The van der Waals surface area contributed by atoms with Crippen molar-refractivity contribution in [3.63, 3.8) is 0 Å². The van der Waals surface area contributed by atoms with Crippen LogP contribution in [-0.2, 0) is 19.3 Å². The molecule has 0 aromatic heterocycles. The molecule has 1 rings (SSSR count). The van der Waals surface area contributed by atoms with Gasteiger partial charge in [0.1, 0.15) is 0 Å². The van der Waals surface area contributed by atoms with Gasteiger partial charge in [0.25, 0.3) is 0 Å². The molecule has 0 aliphatic rings. The Morgan fingerprint density at radius 1 is 0.812 bits per heavy atom. The predicted octanol–water partition coefficient (Wildman–Crippen LogP) is 5.20. The molecule has 90 valence electrons. The summed E-state index contributed by atoms with van der Waals surface area (Å²) in [5.41, 5.74) is 4.44. The molecule has 0 radical (unpaired) electrons. The molecule has 0 saturated heterocycles. The largest absolute Gasteiger partial charge is 0.0840 e. The Balaban J connectivity index is 3.14. The van der Waals surface area contributed by atoms with Crippen molar-refractivity contribution in [3.05, 3.63) is 33.8 Å². The van der Waals surface area contributed by atoms with Crippen LogP contribution in [0.5, 0.6) is 0 Å². The number of benzene rings is 1. The summed E-state index contributed by atoms with van der Waals surface area (Å²) >= 11 is 6.32. The van der Waals surface area contributed by atoms with E-state index < -0.39 is 0 Å². The Bertz CT molecular complexity index is 328. The summed E-state index contributed by atoms with van der Waals surface area (Å²) in [5, 5.41) is 0.963. The first-order chi connectivity index (χ1) is 7.74. The Morgan fingerprint density at radius 2 is 1.38 bits per heavy atom. The summed E-state index contributed by atoms with van der Waals surface area (Å²) in [5.74, 6) is 0. The first-order valence-corrected chi connectivity index (χ1v) is 6.91. The van der Waals surface area contributed by atoms with E-state index in [2.05, 4.69) is 32.9 Å². The average Bonchev–Trinajstić information content (AvgIpc) is 2.27. The van der Waals surface area contributed by atoms with Gasteiger partial charge in [0, 0.05) is 5.02 Å². The molecule has 0 amide bonds. The van der Waals surface area contributed by atoms with E-state index in [1.54, 1.807) is 0 Å². The average molecular weight is 239 g/mol. The topological polar surface area (TPSA) is 0 Å². The summed E-state index contributed by atoms with van der Waals surface area (Å²) < 4.78 is 0. The van der Waals surface area contributed by atoms with Crippen LogP contribution in [0.4, 0.5) is 0 Å². The lowest BCUT2D eigenvalue weighted by molar-refractivity contribution is 0.825. The van der Waals surface area contributed by atoms with Crippen molar-refractivity contribution in [3.8, 4) is 0 Å². The maximum Gasteiger partial charge on any atom is 0.0440 e. The Hall–Kier alpha value is -0.490. The number of halogens is 1. The number of aryl methyl sites for hydroxylation is 1. The highest BCUT2D eigenvalue weighted by atomic mass is 35.5. The van der Waals surface area contributed by atoms with Gasteiger partial charge in [-0.15, -0.1) is 0 Å². The predicted molar refractivity (Wildman–Crippen MR) is 73.4 cm³/mol. The van der Waals surface area contributed by atoms with Crippen molar-refractivity contribution in [1.29, 1.82) is 0 Å². The summed E-state index contributed by atoms with van der Waals surface area (Å²) in [7, 11) is 0. The van der Waals surface area contributed by atoms with Crippen LogP contribution >= 0.6 is 11.6 Å². The van der Waals surface area contributed by atoms with Gasteiger partial charge < -0.3 is 0 Å². The van der Waals surface area contributed by atoms with Crippen LogP contribution in [0.3, 0.4) is 0 Å². The molecule has 1 aromatic rings. The van der Waals surface area contributed by atoms with Gasteiger partial charge in [0.05, 0.1) is 0 Å². The molecule has 0 heterocycles. The Labute approximate surface area is 105 Å². The highest BCUT2D eigenvalue weighted by Gasteiger charge is 2.10. The van der Waals surface area contributed by atoms with Crippen LogP contribution in [0.2, 0.25) is 5.02 Å². The van der Waals surface area contributed by atoms with E-state index in [0.29, 0.717) is 0 Å². The van der Waals surface area contributed by atoms with Crippen molar-refractivity contribution in [1.82, 2.24) is 0 Å². The second-order valence-corrected chi connectivity index (χ2v) is 4.82. The van der Waals surface area contributed by atoms with Crippen LogP contribution < -0.4 is 0 Å². The van der Waals surface area contributed by atoms with Gasteiger partial charge in [-0.25, -0.2) is 0 Å². The molecule has 0 aliphatic heterocycles. The smallest absolute Gasteiger partial charge is 0.0440 e. The molecule has 0 unspecified atom stereocenters. The van der Waals surface area contributed by atoms with Gasteiger partial charge in [-0.2, -0.15) is 0 Å². The first-order valence-electron chi connectivity index (χ1n) is 6.53. The van der Waals surface area contributed by atoms with Gasteiger partial charge in [-0.1, -0.05) is 57.7 Å². The fourth-order valence-corrected chi connectivity index (χ4v) is 2.57. The fourth-order valence-electron chi connectivity index (χ4n) is 2.30. The van der Waals surface area contributed by atoms with E-state index in [-0.39, 0.29) is 0 Å². The minimum Gasteiger partial charge on any atom is -0.0840 e. The molecular weight excluding hydrogens is 216 g/mol. The molecule has 1 heteroatoms. The summed E-state index contributed by atoms with van der Waals surface area (Å²) in [4.78, 5) is 0. The van der Waals surface area contributed by atoms with E-state index in [4.69, 9.17) is 11.6 Å². The van der Waals surface area contributed by atoms with Crippen LogP contribution in [0.25, 0.3) is 0 Å². The lowest BCUT2D eigenvalue weighted by Crippen LogP contribution is -2.01. The summed E-state index contributed by atoms with van der Waals surface area (Å²) in [6.45, 7) is 6.70. The molecule has 0 spiro atoms. The maximum absolute atomic E-state index is 6.32. The number of hydrogen-bond donors (Lipinski definition) is 0. The van der Waals surface area contributed by atoms with Gasteiger partial charge in [0.2, 0.25) is 0 Å². The van der Waals surface area contributed by atoms with Crippen LogP contribution in [-0.4, -0.2) is 0 Å². The molecular formula is C15H23Cl. The molecule has 1 aromatic carbocycles. The Kier molecular flexibility index (Phi) is 5.90. The van der Waals surface area contributed by atoms with Crippen LogP contribution in [0, 0.1) is 0 Å². The quantitative estimate of drug-likeness (QED) is 0.639. The van der Waals surface area contributed by atoms with E-state index in [1.807, 2.05) is 0 Å². The van der Waals surface area contributed by atoms with Crippen molar-refractivity contribution < 1.29 is 0 Å². The first kappa shape index (κ1) is 13.6. The molecule has 0 N–H and O–H groups in total. The Morgan fingerprint density at radius 3 is 1.94 bits per heavy atom. The van der Waals surface area contributed by atoms with E-state index in [0.717, 1.165) is 11.4 Å².